The molecule has 0 radical (unpaired) electrons. The molecule has 0 spiro atoms. The Kier molecular flexibility index (Phi) is 5.90. The summed E-state index contributed by atoms with van der Waals surface area (Å²) >= 11 is 0. The Hall–Kier alpha value is -4.45. The Labute approximate surface area is 196 Å². The predicted molar refractivity (Wildman–Crippen MR) is 128 cm³/mol. The van der Waals surface area contributed by atoms with Gasteiger partial charge in [0.15, 0.2) is 0 Å². The molecule has 1 aliphatic rings. The monoisotopic (exact) mass is 454 g/mol. The van der Waals surface area contributed by atoms with Gasteiger partial charge in [0.25, 0.3) is 0 Å². The lowest BCUT2D eigenvalue weighted by Crippen LogP contribution is -2.21. The molecule has 4 rings (SSSR count). The van der Waals surface area contributed by atoms with Crippen LogP contribution in [0.5, 0.6) is 0 Å². The number of carbonyl (C=O) groups is 3. The third kappa shape index (κ3) is 4.52. The van der Waals surface area contributed by atoms with Crippen LogP contribution in [0.2, 0.25) is 0 Å². The molecule has 3 aromatic carbocycles. The largest absolute Gasteiger partial charge is 0.478 e. The number of carboxylic acid groups (broad SMARTS) is 3. The highest BCUT2D eigenvalue weighted by Crippen LogP contribution is 2.38. The van der Waals surface area contributed by atoms with E-state index in [-0.39, 0.29) is 16.7 Å². The normalized spacial score (nSPS) is 17.1. The molecular formula is C28H22O6. The summed E-state index contributed by atoms with van der Waals surface area (Å²) in [6.07, 6.45) is 5.71. The quantitative estimate of drug-likeness (QED) is 0.444. The van der Waals surface area contributed by atoms with E-state index in [0.29, 0.717) is 6.42 Å². The number of allylic oxidation sites excluding steroid dienone is 2. The summed E-state index contributed by atoms with van der Waals surface area (Å²) in [5.41, 5.74) is 4.55. The Bertz CT molecular complexity index is 1270. The number of hydrogen-bond donors (Lipinski definition) is 3. The second-order valence-corrected chi connectivity index (χ2v) is 8.48. The highest BCUT2D eigenvalue weighted by molar-refractivity contribution is 5.91. The molecule has 0 saturated heterocycles. The molecule has 0 aliphatic heterocycles. The minimum Gasteiger partial charge on any atom is -0.478 e. The van der Waals surface area contributed by atoms with Gasteiger partial charge in [-0.25, -0.2) is 14.4 Å². The van der Waals surface area contributed by atoms with Gasteiger partial charge in [0.1, 0.15) is 0 Å². The zero-order valence-corrected chi connectivity index (χ0v) is 18.4. The van der Waals surface area contributed by atoms with E-state index in [0.717, 1.165) is 27.8 Å². The van der Waals surface area contributed by atoms with Crippen molar-refractivity contribution >= 4 is 17.9 Å². The van der Waals surface area contributed by atoms with Crippen LogP contribution in [0.1, 0.15) is 39.6 Å². The van der Waals surface area contributed by atoms with Gasteiger partial charge in [0.2, 0.25) is 0 Å². The fraction of sp³-hybridized carbons (Fsp3) is 0.107. The average molecular weight is 454 g/mol. The summed E-state index contributed by atoms with van der Waals surface area (Å²) < 4.78 is 0. The SMILES string of the molecule is CC1(c2cc(-c3ccc(C(=O)O)cc3)cc(-c3ccc(C(=O)O)cc3)c2)C=CC(C(=O)O)=CC1. The molecule has 1 atom stereocenters. The lowest BCUT2D eigenvalue weighted by atomic mass is 9.74. The fourth-order valence-corrected chi connectivity index (χ4v) is 4.01. The smallest absolute Gasteiger partial charge is 0.335 e. The number of hydrogen-bond acceptors (Lipinski definition) is 3. The van der Waals surface area contributed by atoms with Gasteiger partial charge in [-0.3, -0.25) is 0 Å². The van der Waals surface area contributed by atoms with Crippen LogP contribution in [0.25, 0.3) is 22.3 Å². The Morgan fingerprint density at radius 3 is 1.50 bits per heavy atom. The van der Waals surface area contributed by atoms with E-state index in [2.05, 4.69) is 0 Å². The maximum absolute atomic E-state index is 11.3. The molecule has 6 nitrogen and oxygen atoms in total. The molecule has 0 heterocycles. The molecule has 0 amide bonds. The highest BCUT2D eigenvalue weighted by Gasteiger charge is 2.27. The summed E-state index contributed by atoms with van der Waals surface area (Å²) in [6, 6.07) is 19.2. The minimum atomic E-state index is -1.000. The van der Waals surface area contributed by atoms with E-state index >= 15 is 0 Å². The summed E-state index contributed by atoms with van der Waals surface area (Å²) in [5, 5.41) is 27.7. The molecule has 170 valence electrons. The first-order valence-corrected chi connectivity index (χ1v) is 10.6. The molecule has 3 N–H and O–H groups in total. The number of rotatable bonds is 6. The number of benzene rings is 3. The fourth-order valence-electron chi connectivity index (χ4n) is 4.01. The number of aliphatic carboxylic acids is 1. The van der Waals surface area contributed by atoms with Crippen LogP contribution in [0, 0.1) is 0 Å². The van der Waals surface area contributed by atoms with Crippen molar-refractivity contribution in [1.82, 2.24) is 0 Å². The van der Waals surface area contributed by atoms with Crippen LogP contribution in [-0.4, -0.2) is 33.2 Å². The molecule has 0 aromatic heterocycles. The van der Waals surface area contributed by atoms with Crippen LogP contribution < -0.4 is 0 Å². The van der Waals surface area contributed by atoms with Crippen LogP contribution in [0.4, 0.5) is 0 Å². The lowest BCUT2D eigenvalue weighted by Gasteiger charge is -2.29. The van der Waals surface area contributed by atoms with Gasteiger partial charge in [-0.15, -0.1) is 0 Å². The molecule has 34 heavy (non-hydrogen) atoms. The standard InChI is InChI=1S/C28H22O6/c1-28(12-10-21(11-13-28)27(33)34)24-15-22(17-2-6-19(7-3-17)25(29)30)14-23(16-24)18-4-8-20(9-5-18)26(31)32/h2-12,14-16H,13H2,1H3,(H,29,30)(H,31,32)(H,33,34). The maximum Gasteiger partial charge on any atom is 0.335 e. The predicted octanol–water partition coefficient (Wildman–Crippen LogP) is 5.65. The van der Waals surface area contributed by atoms with Crippen molar-refractivity contribution in [2.75, 3.05) is 0 Å². The topological polar surface area (TPSA) is 112 Å². The molecule has 1 aliphatic carbocycles. The van der Waals surface area contributed by atoms with Gasteiger partial charge in [-0.1, -0.05) is 61.5 Å². The molecule has 3 aromatic rings. The molecule has 1 unspecified atom stereocenters. The zero-order valence-electron chi connectivity index (χ0n) is 18.4. The van der Waals surface area contributed by atoms with Crippen molar-refractivity contribution in [2.45, 2.75) is 18.8 Å². The van der Waals surface area contributed by atoms with Crippen molar-refractivity contribution in [3.05, 3.63) is 107 Å². The highest BCUT2D eigenvalue weighted by atomic mass is 16.4. The second kappa shape index (κ2) is 8.83. The van der Waals surface area contributed by atoms with Crippen LogP contribution in [0.15, 0.2) is 90.5 Å². The molecule has 0 saturated carbocycles. The molecule has 0 fully saturated rings. The average Bonchev–Trinajstić information content (AvgIpc) is 2.84. The van der Waals surface area contributed by atoms with E-state index in [9.17, 15) is 29.7 Å². The number of aromatic carboxylic acids is 2. The van der Waals surface area contributed by atoms with Gasteiger partial charge in [0.05, 0.1) is 16.7 Å². The summed E-state index contributed by atoms with van der Waals surface area (Å²) in [5.74, 6) is -2.97. The van der Waals surface area contributed by atoms with Crippen molar-refractivity contribution in [3.8, 4) is 22.3 Å². The lowest BCUT2D eigenvalue weighted by molar-refractivity contribution is -0.132. The van der Waals surface area contributed by atoms with Gasteiger partial charge in [0, 0.05) is 5.41 Å². The number of carboxylic acids is 3. The van der Waals surface area contributed by atoms with E-state index in [1.807, 2.05) is 31.2 Å². The van der Waals surface area contributed by atoms with Crippen molar-refractivity contribution in [2.24, 2.45) is 0 Å². The third-order valence-corrected chi connectivity index (χ3v) is 6.15. The van der Waals surface area contributed by atoms with Crippen LogP contribution in [-0.2, 0) is 10.2 Å². The second-order valence-electron chi connectivity index (χ2n) is 8.48. The van der Waals surface area contributed by atoms with E-state index < -0.39 is 23.3 Å². The Morgan fingerprint density at radius 1 is 0.676 bits per heavy atom. The van der Waals surface area contributed by atoms with E-state index in [1.54, 1.807) is 60.7 Å². The molecular weight excluding hydrogens is 432 g/mol. The first kappa shape index (κ1) is 22.7. The molecule has 6 heteroatoms. The summed E-state index contributed by atoms with van der Waals surface area (Å²) in [6.45, 7) is 2.03. The van der Waals surface area contributed by atoms with E-state index in [4.69, 9.17) is 0 Å². The first-order valence-electron chi connectivity index (χ1n) is 10.6. The Morgan fingerprint density at radius 2 is 1.15 bits per heavy atom. The van der Waals surface area contributed by atoms with Gasteiger partial charge < -0.3 is 15.3 Å². The summed E-state index contributed by atoms with van der Waals surface area (Å²) in [4.78, 5) is 33.8. The minimum absolute atomic E-state index is 0.193. The first-order chi connectivity index (χ1) is 16.2. The van der Waals surface area contributed by atoms with Gasteiger partial charge in [-0.2, -0.15) is 0 Å². The Balaban J connectivity index is 1.83. The maximum atomic E-state index is 11.3. The van der Waals surface area contributed by atoms with E-state index in [1.165, 1.54) is 0 Å². The summed E-state index contributed by atoms with van der Waals surface area (Å²) in [7, 11) is 0. The third-order valence-electron chi connectivity index (χ3n) is 6.15. The van der Waals surface area contributed by atoms with Gasteiger partial charge >= 0.3 is 17.9 Å². The molecule has 0 bridgehead atoms. The van der Waals surface area contributed by atoms with Crippen molar-refractivity contribution < 1.29 is 29.7 Å². The zero-order chi connectivity index (χ0) is 24.5. The van der Waals surface area contributed by atoms with Crippen molar-refractivity contribution in [1.29, 1.82) is 0 Å². The van der Waals surface area contributed by atoms with Crippen LogP contribution >= 0.6 is 0 Å². The van der Waals surface area contributed by atoms with Gasteiger partial charge in [-0.05, 0) is 64.6 Å². The van der Waals surface area contributed by atoms with Crippen LogP contribution in [0.3, 0.4) is 0 Å². The van der Waals surface area contributed by atoms with Crippen molar-refractivity contribution in [3.63, 3.8) is 0 Å².